The Balaban J connectivity index is 2.45. The van der Waals surface area contributed by atoms with Gasteiger partial charge in [0.05, 0.1) is 12.2 Å². The maximum absolute atomic E-state index is 13.8. The Hall–Kier alpha value is -2.13. The lowest BCUT2D eigenvalue weighted by atomic mass is 10.2. The first-order chi connectivity index (χ1) is 15.2. The van der Waals surface area contributed by atoms with Crippen molar-refractivity contribution in [2.24, 2.45) is 0 Å². The van der Waals surface area contributed by atoms with Crippen LogP contribution < -0.4 is 10.1 Å². The van der Waals surface area contributed by atoms with Gasteiger partial charge in [-0.3, -0.25) is 4.57 Å². The number of rotatable bonds is 11. The molecule has 0 fully saturated rings. The minimum Gasteiger partial charge on any atom is -0.508 e. The van der Waals surface area contributed by atoms with Gasteiger partial charge in [0, 0.05) is 17.3 Å². The van der Waals surface area contributed by atoms with Gasteiger partial charge in [0.15, 0.2) is 5.78 Å². The van der Waals surface area contributed by atoms with E-state index in [4.69, 9.17) is 20.6 Å². The fraction of sp³-hybridized carbons (Fsp3) is 0.429. The summed E-state index contributed by atoms with van der Waals surface area (Å²) in [5, 5.41) is 23.0. The van der Waals surface area contributed by atoms with Crippen LogP contribution >= 0.6 is 19.2 Å². The molecule has 7 nitrogen and oxygen atoms in total. The van der Waals surface area contributed by atoms with Gasteiger partial charge in [0.1, 0.15) is 17.2 Å². The van der Waals surface area contributed by atoms with Crippen LogP contribution in [0.3, 0.4) is 0 Å². The lowest BCUT2D eigenvalue weighted by molar-refractivity contribution is -0.199. The summed E-state index contributed by atoms with van der Waals surface area (Å²) < 4.78 is 69.0. The number of hydrogen-bond donors (Lipinski definition) is 3. The molecule has 3 N–H and O–H groups in total. The van der Waals surface area contributed by atoms with Gasteiger partial charge in [0.2, 0.25) is 0 Å². The largest absolute Gasteiger partial charge is 0.508 e. The highest BCUT2D eigenvalue weighted by atomic mass is 35.5. The van der Waals surface area contributed by atoms with Crippen LogP contribution in [0.5, 0.6) is 17.2 Å². The number of benzene rings is 2. The topological polar surface area (TPSA) is 97.3 Å². The monoisotopic (exact) mass is 511 g/mol. The highest BCUT2D eigenvalue weighted by molar-refractivity contribution is 7.54. The smallest absolute Gasteiger partial charge is 0.444 e. The van der Waals surface area contributed by atoms with Crippen molar-refractivity contribution in [2.45, 2.75) is 57.4 Å². The molecule has 2 rings (SSSR count). The highest BCUT2D eigenvalue weighted by Gasteiger charge is 2.43. The Morgan fingerprint density at radius 2 is 1.55 bits per heavy atom. The number of anilines is 1. The zero-order valence-electron chi connectivity index (χ0n) is 18.3. The van der Waals surface area contributed by atoms with Gasteiger partial charge in [-0.2, -0.15) is 8.78 Å². The van der Waals surface area contributed by atoms with Crippen LogP contribution in [0.4, 0.5) is 18.9 Å². The fourth-order valence-electron chi connectivity index (χ4n) is 2.80. The van der Waals surface area contributed by atoms with Gasteiger partial charge in [-0.05, 0) is 64.1 Å². The van der Waals surface area contributed by atoms with Crippen molar-refractivity contribution < 1.29 is 41.7 Å². The van der Waals surface area contributed by atoms with Crippen LogP contribution in [-0.4, -0.2) is 34.2 Å². The maximum Gasteiger partial charge on any atom is 0.444 e. The van der Waals surface area contributed by atoms with Crippen molar-refractivity contribution in [2.75, 3.05) is 5.32 Å². The van der Waals surface area contributed by atoms with Crippen molar-refractivity contribution in [3.05, 3.63) is 48.0 Å². The van der Waals surface area contributed by atoms with Crippen LogP contribution in [0, 0.1) is 0 Å². The van der Waals surface area contributed by atoms with Gasteiger partial charge in [0.25, 0.3) is 5.63 Å². The summed E-state index contributed by atoms with van der Waals surface area (Å²) in [7, 11) is -4.00. The van der Waals surface area contributed by atoms with E-state index < -0.39 is 37.3 Å². The minimum atomic E-state index is -4.23. The van der Waals surface area contributed by atoms with Crippen LogP contribution in [0.25, 0.3) is 0 Å². The summed E-state index contributed by atoms with van der Waals surface area (Å²) in [5.41, 5.74) is -2.66. The zero-order chi connectivity index (χ0) is 25.0. The van der Waals surface area contributed by atoms with E-state index in [-0.39, 0.29) is 28.5 Å². The molecule has 0 aliphatic rings. The Kier molecular flexibility index (Phi) is 8.93. The summed E-state index contributed by atoms with van der Waals surface area (Å²) in [5.74, 6) is -2.19. The number of phenolic OH excluding ortho intramolecular Hbond substituents is 2. The lowest BCUT2D eigenvalue weighted by Crippen LogP contribution is -2.32. The van der Waals surface area contributed by atoms with Crippen LogP contribution in [0.2, 0.25) is 0 Å². The highest BCUT2D eigenvalue weighted by Crippen LogP contribution is 2.63. The number of alkyl halides is 4. The predicted octanol–water partition coefficient (Wildman–Crippen LogP) is 6.76. The molecule has 0 spiro atoms. The van der Waals surface area contributed by atoms with E-state index >= 15 is 0 Å². The summed E-state index contributed by atoms with van der Waals surface area (Å²) in [6.07, 6.45) is -5.26. The zero-order valence-corrected chi connectivity index (χ0v) is 20.0. The van der Waals surface area contributed by atoms with Gasteiger partial charge < -0.3 is 29.3 Å². The van der Waals surface area contributed by atoms with E-state index in [2.05, 4.69) is 10.1 Å². The van der Waals surface area contributed by atoms with Gasteiger partial charge >= 0.3 is 13.7 Å². The van der Waals surface area contributed by atoms with E-state index in [9.17, 15) is 27.9 Å². The number of ether oxygens (including phenoxy) is 1. The average molecular weight is 512 g/mol. The van der Waals surface area contributed by atoms with Crippen LogP contribution in [0.15, 0.2) is 42.5 Å². The molecule has 0 saturated carbocycles. The number of halogens is 4. The molecule has 2 aromatic rings. The van der Waals surface area contributed by atoms with Gasteiger partial charge in [-0.15, -0.1) is 0 Å². The molecular weight excluding hydrogens is 486 g/mol. The van der Waals surface area contributed by atoms with E-state index in [0.29, 0.717) is 0 Å². The van der Waals surface area contributed by atoms with Crippen molar-refractivity contribution >= 4 is 24.9 Å². The first kappa shape index (κ1) is 27.1. The van der Waals surface area contributed by atoms with Crippen molar-refractivity contribution in [3.8, 4) is 17.2 Å². The van der Waals surface area contributed by atoms with Crippen molar-refractivity contribution in [1.29, 1.82) is 0 Å². The molecular formula is C21H26ClF3NO6P. The lowest BCUT2D eigenvalue weighted by Gasteiger charge is -2.31. The Labute approximate surface area is 195 Å². The molecule has 2 aromatic carbocycles. The third-order valence-corrected chi connectivity index (χ3v) is 6.73. The van der Waals surface area contributed by atoms with Gasteiger partial charge in [-0.1, -0.05) is 11.6 Å². The molecule has 0 aromatic heterocycles. The fourth-order valence-corrected chi connectivity index (χ4v) is 5.18. The maximum atomic E-state index is 13.8. The molecule has 2 unspecified atom stereocenters. The van der Waals surface area contributed by atoms with Crippen LogP contribution in [-0.2, 0) is 13.6 Å². The molecule has 0 bridgehead atoms. The standard InChI is InChI=1S/C21H26ClF3NO6P/c1-12(2)31-33(29,32-13(3)4)19(17-10-7-15(27)11-18(17)28)26-14-5-8-16(9-6-14)30-21(24,25)20(22)23/h5-13,19-20,26-28H,1-4H3. The van der Waals surface area contributed by atoms with E-state index in [1.165, 1.54) is 24.3 Å². The molecule has 0 heterocycles. The molecule has 12 heteroatoms. The first-order valence-electron chi connectivity index (χ1n) is 9.93. The number of phenols is 2. The summed E-state index contributed by atoms with van der Waals surface area (Å²) in [6.45, 7) is 6.63. The summed E-state index contributed by atoms with van der Waals surface area (Å²) in [6, 6.07) is 8.58. The number of hydrogen-bond acceptors (Lipinski definition) is 7. The Morgan fingerprint density at radius 3 is 2.00 bits per heavy atom. The molecule has 0 saturated heterocycles. The summed E-state index contributed by atoms with van der Waals surface area (Å²) >= 11 is 4.79. The number of nitrogens with one attached hydrogen (secondary N) is 1. The van der Waals surface area contributed by atoms with E-state index in [1.54, 1.807) is 27.7 Å². The molecule has 0 aliphatic heterocycles. The quantitative estimate of drug-likeness (QED) is 0.226. The molecule has 0 radical (unpaired) electrons. The molecule has 0 aliphatic carbocycles. The second-order valence-corrected chi connectivity index (χ2v) is 10.0. The van der Waals surface area contributed by atoms with E-state index in [0.717, 1.165) is 18.2 Å². The molecule has 33 heavy (non-hydrogen) atoms. The average Bonchev–Trinajstić information content (AvgIpc) is 2.66. The third kappa shape index (κ3) is 7.43. The van der Waals surface area contributed by atoms with Gasteiger partial charge in [-0.25, -0.2) is 4.39 Å². The molecule has 184 valence electrons. The van der Waals surface area contributed by atoms with Crippen molar-refractivity contribution in [1.82, 2.24) is 0 Å². The second kappa shape index (κ2) is 10.9. The van der Waals surface area contributed by atoms with Crippen LogP contribution in [0.1, 0.15) is 39.0 Å². The third-order valence-electron chi connectivity index (χ3n) is 4.01. The first-order valence-corrected chi connectivity index (χ1v) is 12.0. The normalized spacial score (nSPS) is 14.4. The van der Waals surface area contributed by atoms with Crippen molar-refractivity contribution in [3.63, 3.8) is 0 Å². The SMILES string of the molecule is CC(C)OP(=O)(OC(C)C)C(Nc1ccc(OC(F)(F)C(F)Cl)cc1)c1ccc(O)cc1O. The summed E-state index contributed by atoms with van der Waals surface area (Å²) in [4.78, 5) is 0. The Morgan fingerprint density at radius 1 is 1.00 bits per heavy atom. The predicted molar refractivity (Wildman–Crippen MR) is 119 cm³/mol. The van der Waals surface area contributed by atoms with E-state index in [1.807, 2.05) is 0 Å². The minimum absolute atomic E-state index is 0.103. The second-order valence-electron chi connectivity index (χ2n) is 7.63. The number of aromatic hydroxyl groups is 2. The molecule has 2 atom stereocenters. The Bertz CT molecular complexity index is 961. The molecule has 0 amide bonds.